The molecular formula is C18H30N4O2. The van der Waals surface area contributed by atoms with Crippen LogP contribution in [0.3, 0.4) is 0 Å². The molecule has 2 heterocycles. The summed E-state index contributed by atoms with van der Waals surface area (Å²) in [6, 6.07) is 0. The molecule has 1 aromatic rings. The number of aromatic nitrogens is 3. The van der Waals surface area contributed by atoms with Gasteiger partial charge in [0.2, 0.25) is 5.91 Å². The van der Waals surface area contributed by atoms with Gasteiger partial charge in [0.1, 0.15) is 5.82 Å². The minimum atomic E-state index is -0.127. The zero-order chi connectivity index (χ0) is 17.7. The molecule has 1 saturated heterocycles. The molecule has 1 N–H and O–H groups in total. The first kappa shape index (κ1) is 17.2. The number of carbonyl (C=O) groups is 1. The van der Waals surface area contributed by atoms with Gasteiger partial charge >= 0.3 is 5.69 Å². The lowest BCUT2D eigenvalue weighted by atomic mass is 9.92. The second kappa shape index (κ2) is 5.74. The summed E-state index contributed by atoms with van der Waals surface area (Å²) in [5.41, 5.74) is 0.0821. The molecule has 3 rings (SSSR count). The second-order valence-electron chi connectivity index (χ2n) is 8.54. The highest BCUT2D eigenvalue weighted by Gasteiger charge is 2.68. The van der Waals surface area contributed by atoms with Gasteiger partial charge in [-0.3, -0.25) is 9.36 Å². The van der Waals surface area contributed by atoms with Crippen LogP contribution in [0.5, 0.6) is 0 Å². The number of likely N-dealkylation sites (tertiary alicyclic amines) is 1. The van der Waals surface area contributed by atoms with Crippen molar-refractivity contribution in [3.8, 4) is 0 Å². The summed E-state index contributed by atoms with van der Waals surface area (Å²) in [7, 11) is 0. The molecule has 1 saturated carbocycles. The summed E-state index contributed by atoms with van der Waals surface area (Å²) in [4.78, 5) is 26.5. The fourth-order valence-corrected chi connectivity index (χ4v) is 4.44. The van der Waals surface area contributed by atoms with Crippen LogP contribution in [0.25, 0.3) is 0 Å². The lowest BCUT2D eigenvalue weighted by Crippen LogP contribution is -2.41. The normalized spacial score (nSPS) is 23.5. The molecule has 6 heteroatoms. The number of hydrogen-bond acceptors (Lipinski definition) is 3. The third kappa shape index (κ3) is 2.60. The number of H-pyrrole nitrogens is 1. The quantitative estimate of drug-likeness (QED) is 0.916. The third-order valence-corrected chi connectivity index (χ3v) is 6.82. The predicted octanol–water partition coefficient (Wildman–Crippen LogP) is 2.05. The van der Waals surface area contributed by atoms with E-state index in [-0.39, 0.29) is 22.4 Å². The molecule has 1 aromatic heterocycles. The molecule has 1 amide bonds. The van der Waals surface area contributed by atoms with Crippen LogP contribution in [-0.2, 0) is 17.8 Å². The van der Waals surface area contributed by atoms with E-state index in [1.165, 1.54) is 0 Å². The Morgan fingerprint density at radius 3 is 2.29 bits per heavy atom. The SMILES string of the molecule is CCn1c(CC2CCN(C(=O)C3C(C)(C)C3(C)C)CC2)n[nH]c1=O. The van der Waals surface area contributed by atoms with Crippen LogP contribution in [0.1, 0.15) is 53.3 Å². The Bertz CT molecular complexity index is 663. The van der Waals surface area contributed by atoms with Crippen LogP contribution in [0.2, 0.25) is 0 Å². The number of hydrogen-bond donors (Lipinski definition) is 1. The first-order chi connectivity index (χ1) is 11.2. The highest BCUT2D eigenvalue weighted by atomic mass is 16.2. The molecule has 134 valence electrons. The van der Waals surface area contributed by atoms with Gasteiger partial charge in [0.25, 0.3) is 0 Å². The zero-order valence-corrected chi connectivity index (χ0v) is 15.6. The molecule has 0 unspecified atom stereocenters. The number of piperidine rings is 1. The predicted molar refractivity (Wildman–Crippen MR) is 92.6 cm³/mol. The van der Waals surface area contributed by atoms with Crippen LogP contribution in [-0.4, -0.2) is 38.7 Å². The largest absolute Gasteiger partial charge is 0.343 e. The number of nitrogens with zero attached hydrogens (tertiary/aromatic N) is 3. The molecule has 0 bridgehead atoms. The molecular weight excluding hydrogens is 304 g/mol. The molecule has 0 atom stereocenters. The lowest BCUT2D eigenvalue weighted by molar-refractivity contribution is -0.135. The first-order valence-corrected chi connectivity index (χ1v) is 9.13. The van der Waals surface area contributed by atoms with Crippen molar-refractivity contribution in [1.29, 1.82) is 0 Å². The summed E-state index contributed by atoms with van der Waals surface area (Å²) in [6.07, 6.45) is 2.79. The molecule has 24 heavy (non-hydrogen) atoms. The Labute approximate surface area is 143 Å². The van der Waals surface area contributed by atoms with Crippen molar-refractivity contribution >= 4 is 5.91 Å². The van der Waals surface area contributed by atoms with Crippen molar-refractivity contribution < 1.29 is 4.79 Å². The summed E-state index contributed by atoms with van der Waals surface area (Å²) in [6.45, 7) is 13.1. The monoisotopic (exact) mass is 334 g/mol. The van der Waals surface area contributed by atoms with Crippen LogP contribution >= 0.6 is 0 Å². The molecule has 0 aromatic carbocycles. The Hall–Kier alpha value is -1.59. The zero-order valence-electron chi connectivity index (χ0n) is 15.6. The van der Waals surface area contributed by atoms with E-state index in [0.29, 0.717) is 18.4 Å². The van der Waals surface area contributed by atoms with Gasteiger partial charge in [-0.25, -0.2) is 9.89 Å². The molecule has 2 fully saturated rings. The van der Waals surface area contributed by atoms with Crippen molar-refractivity contribution in [2.75, 3.05) is 13.1 Å². The summed E-state index contributed by atoms with van der Waals surface area (Å²) in [5, 5.41) is 6.69. The highest BCUT2D eigenvalue weighted by Crippen LogP contribution is 2.68. The highest BCUT2D eigenvalue weighted by molar-refractivity contribution is 5.84. The number of rotatable bonds is 4. The van der Waals surface area contributed by atoms with Crippen molar-refractivity contribution in [2.45, 2.75) is 60.4 Å². The lowest BCUT2D eigenvalue weighted by Gasteiger charge is -2.32. The minimum absolute atomic E-state index is 0.104. The Kier molecular flexibility index (Phi) is 4.12. The van der Waals surface area contributed by atoms with Crippen LogP contribution < -0.4 is 5.69 Å². The van der Waals surface area contributed by atoms with Gasteiger partial charge in [-0.05, 0) is 36.5 Å². The van der Waals surface area contributed by atoms with E-state index in [1.807, 2.05) is 6.92 Å². The van der Waals surface area contributed by atoms with Gasteiger partial charge in [0.15, 0.2) is 0 Å². The second-order valence-corrected chi connectivity index (χ2v) is 8.54. The molecule has 2 aliphatic rings. The van der Waals surface area contributed by atoms with Gasteiger partial charge in [0, 0.05) is 32.0 Å². The standard InChI is InChI=1S/C18H30N4O2/c1-6-22-13(19-20-16(22)24)11-12-7-9-21(10-8-12)15(23)14-17(2,3)18(14,4)5/h12,14H,6-11H2,1-5H3,(H,20,24). The number of nitrogens with one attached hydrogen (secondary N) is 1. The Morgan fingerprint density at radius 2 is 1.79 bits per heavy atom. The van der Waals surface area contributed by atoms with Gasteiger partial charge in [0.05, 0.1) is 0 Å². The van der Waals surface area contributed by atoms with E-state index in [4.69, 9.17) is 0 Å². The summed E-state index contributed by atoms with van der Waals surface area (Å²) >= 11 is 0. The van der Waals surface area contributed by atoms with Crippen LogP contribution in [0.15, 0.2) is 4.79 Å². The Morgan fingerprint density at radius 1 is 1.21 bits per heavy atom. The van der Waals surface area contributed by atoms with Crippen molar-refractivity contribution in [1.82, 2.24) is 19.7 Å². The topological polar surface area (TPSA) is 71.0 Å². The molecule has 0 radical (unpaired) electrons. The maximum Gasteiger partial charge on any atom is 0.343 e. The smallest absolute Gasteiger partial charge is 0.342 e. The first-order valence-electron chi connectivity index (χ1n) is 9.13. The van der Waals surface area contributed by atoms with Gasteiger partial charge in [-0.2, -0.15) is 5.10 Å². The molecule has 6 nitrogen and oxygen atoms in total. The average molecular weight is 334 g/mol. The maximum absolute atomic E-state index is 12.8. The maximum atomic E-state index is 12.8. The van der Waals surface area contributed by atoms with Crippen LogP contribution in [0, 0.1) is 22.7 Å². The van der Waals surface area contributed by atoms with Gasteiger partial charge < -0.3 is 4.90 Å². The minimum Gasteiger partial charge on any atom is -0.342 e. The molecule has 0 spiro atoms. The molecule has 1 aliphatic carbocycles. The van der Waals surface area contributed by atoms with E-state index in [2.05, 4.69) is 42.8 Å². The van der Waals surface area contributed by atoms with Gasteiger partial charge in [-0.1, -0.05) is 27.7 Å². The Balaban J connectivity index is 1.57. The fraction of sp³-hybridized carbons (Fsp3) is 0.833. The van der Waals surface area contributed by atoms with Crippen LogP contribution in [0.4, 0.5) is 0 Å². The van der Waals surface area contributed by atoms with E-state index >= 15 is 0 Å². The van der Waals surface area contributed by atoms with Gasteiger partial charge in [-0.15, -0.1) is 0 Å². The summed E-state index contributed by atoms with van der Waals surface area (Å²) in [5.74, 6) is 1.82. The van der Waals surface area contributed by atoms with E-state index in [0.717, 1.165) is 38.2 Å². The number of amides is 1. The van der Waals surface area contributed by atoms with E-state index in [9.17, 15) is 9.59 Å². The van der Waals surface area contributed by atoms with Crippen molar-refractivity contribution in [3.63, 3.8) is 0 Å². The van der Waals surface area contributed by atoms with E-state index in [1.54, 1.807) is 4.57 Å². The average Bonchev–Trinajstić information content (AvgIpc) is 2.78. The number of carbonyl (C=O) groups excluding carboxylic acids is 1. The fourth-order valence-electron chi connectivity index (χ4n) is 4.44. The third-order valence-electron chi connectivity index (χ3n) is 6.82. The van der Waals surface area contributed by atoms with Crippen molar-refractivity contribution in [3.05, 3.63) is 16.3 Å². The van der Waals surface area contributed by atoms with E-state index < -0.39 is 0 Å². The summed E-state index contributed by atoms with van der Waals surface area (Å²) < 4.78 is 1.70. The van der Waals surface area contributed by atoms with Crippen molar-refractivity contribution in [2.24, 2.45) is 22.7 Å². The molecule has 1 aliphatic heterocycles. The number of aromatic amines is 1.